The van der Waals surface area contributed by atoms with Crippen molar-refractivity contribution in [2.75, 3.05) is 31.7 Å². The van der Waals surface area contributed by atoms with Crippen molar-refractivity contribution >= 4 is 29.1 Å². The molecule has 0 aliphatic heterocycles. The molecule has 1 aliphatic carbocycles. The van der Waals surface area contributed by atoms with Gasteiger partial charge in [-0.15, -0.1) is 0 Å². The number of anilines is 2. The number of rotatable bonds is 8. The maximum atomic E-state index is 12.8. The summed E-state index contributed by atoms with van der Waals surface area (Å²) in [7, 11) is 1.63. The lowest BCUT2D eigenvalue weighted by atomic mass is 9.85. The van der Waals surface area contributed by atoms with E-state index in [0.717, 1.165) is 24.9 Å². The van der Waals surface area contributed by atoms with E-state index in [4.69, 9.17) is 16.3 Å². The van der Waals surface area contributed by atoms with E-state index in [-0.39, 0.29) is 12.5 Å². The highest BCUT2D eigenvalue weighted by Gasteiger charge is 2.30. The fourth-order valence-electron chi connectivity index (χ4n) is 3.54. The number of benzene rings is 1. The van der Waals surface area contributed by atoms with Gasteiger partial charge in [-0.1, -0.05) is 30.9 Å². The second-order valence-corrected chi connectivity index (χ2v) is 7.73. The quantitative estimate of drug-likeness (QED) is 0.683. The Hall–Kier alpha value is -2.22. The van der Waals surface area contributed by atoms with E-state index in [0.29, 0.717) is 42.5 Å². The van der Waals surface area contributed by atoms with Gasteiger partial charge in [0.1, 0.15) is 0 Å². The van der Waals surface area contributed by atoms with Crippen molar-refractivity contribution < 1.29 is 14.6 Å². The molecule has 0 atom stereocenters. The third-order valence-corrected chi connectivity index (χ3v) is 5.51. The second kappa shape index (κ2) is 10.0. The molecule has 0 unspecified atom stereocenters. The van der Waals surface area contributed by atoms with Crippen molar-refractivity contribution in [2.45, 2.75) is 37.7 Å². The molecule has 8 heteroatoms. The van der Waals surface area contributed by atoms with Gasteiger partial charge in [0.15, 0.2) is 0 Å². The van der Waals surface area contributed by atoms with Crippen LogP contribution in [0.3, 0.4) is 0 Å². The molecule has 7 nitrogen and oxygen atoms in total. The Morgan fingerprint density at radius 1 is 1.28 bits per heavy atom. The summed E-state index contributed by atoms with van der Waals surface area (Å²) >= 11 is 6.30. The minimum Gasteiger partial charge on any atom is -0.388 e. The summed E-state index contributed by atoms with van der Waals surface area (Å²) in [5.74, 6) is 0.200. The molecule has 1 fully saturated rings. The fraction of sp³-hybridized carbons (Fsp3) is 0.476. The number of ether oxygens (including phenoxy) is 1. The number of amides is 1. The predicted molar refractivity (Wildman–Crippen MR) is 113 cm³/mol. The first-order valence-electron chi connectivity index (χ1n) is 9.86. The monoisotopic (exact) mass is 418 g/mol. The zero-order chi connectivity index (χ0) is 20.7. The summed E-state index contributed by atoms with van der Waals surface area (Å²) in [5.41, 5.74) is 0.251. The molecule has 1 amide bonds. The highest BCUT2D eigenvalue weighted by molar-refractivity contribution is 6.34. The molecule has 0 saturated heterocycles. The number of aliphatic hydroxyl groups is 1. The molecule has 0 radical (unpaired) electrons. The van der Waals surface area contributed by atoms with Gasteiger partial charge in [-0.25, -0.2) is 9.97 Å². The van der Waals surface area contributed by atoms with Gasteiger partial charge in [-0.3, -0.25) is 4.79 Å². The van der Waals surface area contributed by atoms with Crippen LogP contribution in [0.1, 0.15) is 42.5 Å². The number of halogens is 1. The topological polar surface area (TPSA) is 87.6 Å². The average molecular weight is 419 g/mol. The van der Waals surface area contributed by atoms with Crippen molar-refractivity contribution in [3.8, 4) is 0 Å². The summed E-state index contributed by atoms with van der Waals surface area (Å²) < 4.78 is 5.20. The highest BCUT2D eigenvalue weighted by Crippen LogP contribution is 2.29. The predicted octanol–water partition coefficient (Wildman–Crippen LogP) is 3.34. The van der Waals surface area contributed by atoms with Crippen molar-refractivity contribution in [3.05, 3.63) is 47.2 Å². The number of hydrogen-bond donors (Lipinski definition) is 2. The molecule has 0 bridgehead atoms. The number of methoxy groups -OCH3 is 1. The summed E-state index contributed by atoms with van der Waals surface area (Å²) in [4.78, 5) is 23.3. The second-order valence-electron chi connectivity index (χ2n) is 7.33. The first-order valence-corrected chi connectivity index (χ1v) is 10.2. The van der Waals surface area contributed by atoms with E-state index in [1.165, 1.54) is 0 Å². The van der Waals surface area contributed by atoms with Crippen molar-refractivity contribution in [1.82, 2.24) is 15.3 Å². The maximum Gasteiger partial charge on any atom is 0.252 e. The van der Waals surface area contributed by atoms with Gasteiger partial charge in [0, 0.05) is 38.3 Å². The Kier molecular flexibility index (Phi) is 7.41. The normalized spacial score (nSPS) is 15.7. The van der Waals surface area contributed by atoms with E-state index < -0.39 is 5.60 Å². The minimum absolute atomic E-state index is 0.224. The molecule has 2 N–H and O–H groups in total. The zero-order valence-electron chi connectivity index (χ0n) is 16.6. The van der Waals surface area contributed by atoms with Gasteiger partial charge < -0.3 is 20.1 Å². The first kappa shape index (κ1) is 21.5. The third kappa shape index (κ3) is 5.65. The molecule has 1 aromatic carbocycles. The van der Waals surface area contributed by atoms with E-state index in [1.54, 1.807) is 37.7 Å². The summed E-state index contributed by atoms with van der Waals surface area (Å²) in [5, 5.41) is 13.8. The number of nitrogens with zero attached hydrogens (tertiary/aromatic N) is 3. The van der Waals surface area contributed by atoms with Crippen LogP contribution in [0.5, 0.6) is 0 Å². The Labute approximate surface area is 176 Å². The van der Waals surface area contributed by atoms with E-state index >= 15 is 0 Å². The largest absolute Gasteiger partial charge is 0.388 e. The van der Waals surface area contributed by atoms with Gasteiger partial charge >= 0.3 is 0 Å². The number of aromatic nitrogens is 2. The van der Waals surface area contributed by atoms with Crippen LogP contribution >= 0.6 is 11.6 Å². The molecule has 0 spiro atoms. The molecule has 156 valence electrons. The SMILES string of the molecule is COCCN(c1ccc(Cl)c(C(=O)NCC2(O)CCCCC2)c1)c1ncccn1. The smallest absolute Gasteiger partial charge is 0.252 e. The maximum absolute atomic E-state index is 12.8. The van der Waals surface area contributed by atoms with Crippen LogP contribution < -0.4 is 10.2 Å². The minimum atomic E-state index is -0.833. The van der Waals surface area contributed by atoms with Crippen LogP contribution in [-0.2, 0) is 4.74 Å². The van der Waals surface area contributed by atoms with Crippen LogP contribution in [0, 0.1) is 0 Å². The number of carbonyl (C=O) groups is 1. The molecular weight excluding hydrogens is 392 g/mol. The van der Waals surface area contributed by atoms with Crippen molar-refractivity contribution in [3.63, 3.8) is 0 Å². The van der Waals surface area contributed by atoms with Gasteiger partial charge in [0.2, 0.25) is 5.95 Å². The lowest BCUT2D eigenvalue weighted by molar-refractivity contribution is 0.00526. The molecule has 29 heavy (non-hydrogen) atoms. The molecule has 3 rings (SSSR count). The first-order chi connectivity index (χ1) is 14.0. The van der Waals surface area contributed by atoms with Gasteiger partial charge in [0.25, 0.3) is 5.91 Å². The number of nitrogens with one attached hydrogen (secondary N) is 1. The Morgan fingerprint density at radius 3 is 2.69 bits per heavy atom. The average Bonchev–Trinajstić information content (AvgIpc) is 2.74. The summed E-state index contributed by atoms with van der Waals surface area (Å²) in [6, 6.07) is 6.97. The van der Waals surface area contributed by atoms with Gasteiger partial charge in [-0.2, -0.15) is 0 Å². The molecular formula is C21H27ClN4O3. The Morgan fingerprint density at radius 2 is 2.00 bits per heavy atom. The van der Waals surface area contributed by atoms with Crippen LogP contribution in [0.25, 0.3) is 0 Å². The van der Waals surface area contributed by atoms with Crippen LogP contribution in [-0.4, -0.2) is 53.4 Å². The molecule has 2 aromatic rings. The Balaban J connectivity index is 1.79. The summed E-state index contributed by atoms with van der Waals surface area (Å²) in [6.45, 7) is 1.21. The zero-order valence-corrected chi connectivity index (χ0v) is 17.4. The Bertz CT molecular complexity index is 813. The van der Waals surface area contributed by atoms with E-state index in [2.05, 4.69) is 15.3 Å². The lowest BCUT2D eigenvalue weighted by Crippen LogP contribution is -2.44. The fourth-order valence-corrected chi connectivity index (χ4v) is 3.74. The standard InChI is InChI=1S/C21H27ClN4O3/c1-29-13-12-26(20-23-10-5-11-24-20)16-6-7-18(22)17(14-16)19(27)25-15-21(28)8-3-2-4-9-21/h5-7,10-11,14,28H,2-4,8-9,12-13,15H2,1H3,(H,25,27). The molecule has 1 aliphatic rings. The van der Waals surface area contributed by atoms with Crippen molar-refractivity contribution in [1.29, 1.82) is 0 Å². The van der Waals surface area contributed by atoms with E-state index in [9.17, 15) is 9.90 Å². The number of hydrogen-bond acceptors (Lipinski definition) is 6. The third-order valence-electron chi connectivity index (χ3n) is 5.18. The number of carbonyl (C=O) groups excluding carboxylic acids is 1. The molecule has 1 heterocycles. The van der Waals surface area contributed by atoms with Crippen LogP contribution in [0.2, 0.25) is 5.02 Å². The van der Waals surface area contributed by atoms with Gasteiger partial charge in [-0.05, 0) is 37.1 Å². The van der Waals surface area contributed by atoms with Crippen LogP contribution in [0.15, 0.2) is 36.7 Å². The molecule has 1 saturated carbocycles. The van der Waals surface area contributed by atoms with E-state index in [1.807, 2.05) is 11.0 Å². The highest BCUT2D eigenvalue weighted by atomic mass is 35.5. The van der Waals surface area contributed by atoms with Crippen molar-refractivity contribution in [2.24, 2.45) is 0 Å². The van der Waals surface area contributed by atoms with Gasteiger partial charge in [0.05, 0.1) is 22.8 Å². The summed E-state index contributed by atoms with van der Waals surface area (Å²) in [6.07, 6.45) is 7.83. The lowest BCUT2D eigenvalue weighted by Gasteiger charge is -2.32. The molecule has 1 aromatic heterocycles. The van der Waals surface area contributed by atoms with Crippen LogP contribution in [0.4, 0.5) is 11.6 Å².